The fourth-order valence-corrected chi connectivity index (χ4v) is 1.88. The second kappa shape index (κ2) is 5.59. The summed E-state index contributed by atoms with van der Waals surface area (Å²) in [7, 11) is 0. The molecule has 0 aliphatic heterocycles. The summed E-state index contributed by atoms with van der Waals surface area (Å²) in [6.45, 7) is 2.98. The number of rotatable bonds is 5. The molecule has 2 aromatic heterocycles. The zero-order chi connectivity index (χ0) is 12.1. The van der Waals surface area contributed by atoms with Crippen LogP contribution >= 0.6 is 0 Å². The number of aromatic nitrogens is 3. The predicted molar refractivity (Wildman–Crippen MR) is 67.5 cm³/mol. The molecule has 2 aromatic rings. The number of hydrogen-bond donors (Lipinski definition) is 1. The second-order valence-corrected chi connectivity index (χ2v) is 4.23. The van der Waals surface area contributed by atoms with E-state index in [1.807, 2.05) is 23.1 Å². The molecule has 0 radical (unpaired) electrons. The molecule has 90 valence electrons. The Balaban J connectivity index is 1.91. The van der Waals surface area contributed by atoms with Crippen LogP contribution in [0, 0.1) is 0 Å². The minimum atomic E-state index is 0.119. The lowest BCUT2D eigenvalue weighted by Crippen LogP contribution is -2.25. The van der Waals surface area contributed by atoms with Gasteiger partial charge in [0.2, 0.25) is 0 Å². The molecular weight excluding hydrogens is 212 g/mol. The highest BCUT2D eigenvalue weighted by atomic mass is 15.3. The summed E-state index contributed by atoms with van der Waals surface area (Å²) in [6, 6.07) is 4.12. The molecule has 0 saturated carbocycles. The summed E-state index contributed by atoms with van der Waals surface area (Å²) in [5.74, 6) is 0. The van der Waals surface area contributed by atoms with Crippen LogP contribution in [-0.2, 0) is 19.4 Å². The molecule has 0 aromatic carbocycles. The Kier molecular flexibility index (Phi) is 3.88. The lowest BCUT2D eigenvalue weighted by Gasteiger charge is -2.09. The van der Waals surface area contributed by atoms with Gasteiger partial charge in [0.1, 0.15) is 0 Å². The van der Waals surface area contributed by atoms with Crippen LogP contribution in [0.5, 0.6) is 0 Å². The van der Waals surface area contributed by atoms with E-state index in [4.69, 9.17) is 5.73 Å². The van der Waals surface area contributed by atoms with Gasteiger partial charge in [-0.1, -0.05) is 6.07 Å². The minimum absolute atomic E-state index is 0.119. The van der Waals surface area contributed by atoms with E-state index >= 15 is 0 Å². The smallest absolute Gasteiger partial charge is 0.0522 e. The van der Waals surface area contributed by atoms with Crippen molar-refractivity contribution >= 4 is 0 Å². The Morgan fingerprint density at radius 1 is 1.29 bits per heavy atom. The van der Waals surface area contributed by atoms with Crippen LogP contribution < -0.4 is 5.73 Å². The van der Waals surface area contributed by atoms with Gasteiger partial charge in [0, 0.05) is 31.2 Å². The van der Waals surface area contributed by atoms with E-state index < -0.39 is 0 Å². The van der Waals surface area contributed by atoms with E-state index in [0.717, 1.165) is 19.4 Å². The summed E-state index contributed by atoms with van der Waals surface area (Å²) >= 11 is 0. The van der Waals surface area contributed by atoms with Gasteiger partial charge < -0.3 is 5.73 Å². The first-order chi connectivity index (χ1) is 8.28. The van der Waals surface area contributed by atoms with E-state index in [-0.39, 0.29) is 6.04 Å². The number of nitrogens with zero attached hydrogens (tertiary/aromatic N) is 3. The van der Waals surface area contributed by atoms with E-state index in [1.54, 1.807) is 6.20 Å². The van der Waals surface area contributed by atoms with E-state index in [9.17, 15) is 0 Å². The SMILES string of the molecule is CCn1cc(CC(N)Cc2cccnc2)cn1. The third-order valence-corrected chi connectivity index (χ3v) is 2.73. The highest BCUT2D eigenvalue weighted by molar-refractivity contribution is 5.12. The molecule has 0 aliphatic rings. The van der Waals surface area contributed by atoms with Crippen LogP contribution in [0.15, 0.2) is 36.9 Å². The first-order valence-corrected chi connectivity index (χ1v) is 5.93. The minimum Gasteiger partial charge on any atom is -0.327 e. The largest absolute Gasteiger partial charge is 0.327 e. The number of aryl methyl sites for hydroxylation is 1. The molecule has 0 fully saturated rings. The molecule has 0 aliphatic carbocycles. The molecule has 0 saturated heterocycles. The maximum atomic E-state index is 6.12. The molecule has 4 heteroatoms. The molecule has 2 N–H and O–H groups in total. The summed E-state index contributed by atoms with van der Waals surface area (Å²) in [6.07, 6.45) is 9.31. The van der Waals surface area contributed by atoms with Gasteiger partial charge in [-0.05, 0) is 37.0 Å². The van der Waals surface area contributed by atoms with E-state index in [2.05, 4.69) is 29.3 Å². The third-order valence-electron chi connectivity index (χ3n) is 2.73. The number of pyridine rings is 1. The van der Waals surface area contributed by atoms with Crippen LogP contribution in [0.1, 0.15) is 18.1 Å². The fourth-order valence-electron chi connectivity index (χ4n) is 1.88. The molecule has 2 rings (SSSR count). The molecule has 4 nitrogen and oxygen atoms in total. The highest BCUT2D eigenvalue weighted by Gasteiger charge is 2.07. The molecular formula is C13H18N4. The molecule has 1 atom stereocenters. The Bertz CT molecular complexity index is 449. The highest BCUT2D eigenvalue weighted by Crippen LogP contribution is 2.06. The van der Waals surface area contributed by atoms with Crippen molar-refractivity contribution in [1.29, 1.82) is 0 Å². The second-order valence-electron chi connectivity index (χ2n) is 4.23. The Labute approximate surface area is 101 Å². The Hall–Kier alpha value is -1.68. The van der Waals surface area contributed by atoms with Gasteiger partial charge in [-0.2, -0.15) is 5.10 Å². The number of hydrogen-bond acceptors (Lipinski definition) is 3. The van der Waals surface area contributed by atoms with Crippen molar-refractivity contribution in [2.24, 2.45) is 5.73 Å². The van der Waals surface area contributed by atoms with Gasteiger partial charge in [0.05, 0.1) is 6.20 Å². The third kappa shape index (κ3) is 3.39. The van der Waals surface area contributed by atoms with Gasteiger partial charge >= 0.3 is 0 Å². The molecule has 0 bridgehead atoms. The van der Waals surface area contributed by atoms with Crippen molar-refractivity contribution in [2.75, 3.05) is 0 Å². The molecule has 0 spiro atoms. The van der Waals surface area contributed by atoms with Crippen molar-refractivity contribution < 1.29 is 0 Å². The first kappa shape index (κ1) is 11.8. The van der Waals surface area contributed by atoms with Crippen molar-refractivity contribution in [3.8, 4) is 0 Å². The average Bonchev–Trinajstić information content (AvgIpc) is 2.78. The van der Waals surface area contributed by atoms with Gasteiger partial charge in [-0.15, -0.1) is 0 Å². The lowest BCUT2D eigenvalue weighted by atomic mass is 10.0. The van der Waals surface area contributed by atoms with Crippen LogP contribution in [0.2, 0.25) is 0 Å². The maximum Gasteiger partial charge on any atom is 0.0522 e. The van der Waals surface area contributed by atoms with Crippen molar-refractivity contribution in [3.63, 3.8) is 0 Å². The van der Waals surface area contributed by atoms with Crippen molar-refractivity contribution in [3.05, 3.63) is 48.0 Å². The van der Waals surface area contributed by atoms with Crippen LogP contribution in [0.3, 0.4) is 0 Å². The molecule has 2 heterocycles. The molecule has 17 heavy (non-hydrogen) atoms. The fraction of sp³-hybridized carbons (Fsp3) is 0.385. The zero-order valence-electron chi connectivity index (χ0n) is 10.1. The summed E-state index contributed by atoms with van der Waals surface area (Å²) < 4.78 is 1.92. The normalized spacial score (nSPS) is 12.6. The first-order valence-electron chi connectivity index (χ1n) is 5.93. The Morgan fingerprint density at radius 3 is 2.76 bits per heavy atom. The maximum absolute atomic E-state index is 6.12. The predicted octanol–water partition coefficient (Wildman–Crippen LogP) is 1.41. The number of nitrogens with two attached hydrogens (primary N) is 1. The van der Waals surface area contributed by atoms with Crippen LogP contribution in [0.25, 0.3) is 0 Å². The van der Waals surface area contributed by atoms with Gasteiger partial charge in [0.15, 0.2) is 0 Å². The molecule has 1 unspecified atom stereocenters. The summed E-state index contributed by atoms with van der Waals surface area (Å²) in [5.41, 5.74) is 8.50. The van der Waals surface area contributed by atoms with Crippen molar-refractivity contribution in [2.45, 2.75) is 32.4 Å². The molecule has 0 amide bonds. The van der Waals surface area contributed by atoms with Crippen molar-refractivity contribution in [1.82, 2.24) is 14.8 Å². The van der Waals surface area contributed by atoms with Crippen LogP contribution in [0.4, 0.5) is 0 Å². The van der Waals surface area contributed by atoms with E-state index in [0.29, 0.717) is 0 Å². The average molecular weight is 230 g/mol. The van der Waals surface area contributed by atoms with Gasteiger partial charge in [-0.3, -0.25) is 9.67 Å². The monoisotopic (exact) mass is 230 g/mol. The summed E-state index contributed by atoms with van der Waals surface area (Å²) in [4.78, 5) is 4.09. The Morgan fingerprint density at radius 2 is 2.12 bits per heavy atom. The standard InChI is InChI=1S/C13H18N4/c1-2-17-10-12(9-16-17)7-13(14)6-11-4-3-5-15-8-11/h3-5,8-10,13H,2,6-7,14H2,1H3. The lowest BCUT2D eigenvalue weighted by molar-refractivity contribution is 0.650. The summed E-state index contributed by atoms with van der Waals surface area (Å²) in [5, 5.41) is 4.24. The quantitative estimate of drug-likeness (QED) is 0.845. The van der Waals surface area contributed by atoms with Gasteiger partial charge in [0.25, 0.3) is 0 Å². The topological polar surface area (TPSA) is 56.7 Å². The van der Waals surface area contributed by atoms with Crippen LogP contribution in [-0.4, -0.2) is 20.8 Å². The van der Waals surface area contributed by atoms with E-state index in [1.165, 1.54) is 11.1 Å². The zero-order valence-corrected chi connectivity index (χ0v) is 10.1. The van der Waals surface area contributed by atoms with Gasteiger partial charge in [-0.25, -0.2) is 0 Å².